The van der Waals surface area contributed by atoms with Gasteiger partial charge in [0.15, 0.2) is 0 Å². The molecule has 0 aliphatic carbocycles. The summed E-state index contributed by atoms with van der Waals surface area (Å²) < 4.78 is 0. The average Bonchev–Trinajstić information content (AvgIpc) is 2.65. The first-order valence-corrected chi connectivity index (χ1v) is 4.45. The molecule has 1 fully saturated rings. The molecule has 1 aromatic carbocycles. The first kappa shape index (κ1) is 9.45. The molecular formula is C9H9N3O3. The molecule has 0 bridgehead atoms. The molecule has 2 rings (SSSR count). The Labute approximate surface area is 85.4 Å². The van der Waals surface area contributed by atoms with Crippen LogP contribution in [0.3, 0.4) is 0 Å². The molecule has 6 nitrogen and oxygen atoms in total. The maximum atomic E-state index is 10.9. The summed E-state index contributed by atoms with van der Waals surface area (Å²) in [7, 11) is 0. The molecule has 0 unspecified atom stereocenters. The number of nitrogens with one attached hydrogen (secondary N) is 2. The summed E-state index contributed by atoms with van der Waals surface area (Å²) in [6, 6.07) is 5.83. The number of urea groups is 1. The van der Waals surface area contributed by atoms with Crippen LogP contribution in [0.1, 0.15) is 11.6 Å². The van der Waals surface area contributed by atoms with E-state index in [4.69, 9.17) is 0 Å². The maximum absolute atomic E-state index is 10.9. The third-order valence-electron chi connectivity index (χ3n) is 2.26. The number of amides is 2. The molecule has 1 atom stereocenters. The number of benzene rings is 1. The molecule has 0 aromatic heterocycles. The second-order valence-electron chi connectivity index (χ2n) is 3.26. The van der Waals surface area contributed by atoms with Crippen molar-refractivity contribution < 1.29 is 9.72 Å². The van der Waals surface area contributed by atoms with Crippen molar-refractivity contribution in [3.05, 3.63) is 39.9 Å². The van der Waals surface area contributed by atoms with Gasteiger partial charge >= 0.3 is 6.03 Å². The van der Waals surface area contributed by atoms with Crippen molar-refractivity contribution >= 4 is 11.7 Å². The minimum atomic E-state index is -0.451. The number of hydrogen-bond donors (Lipinski definition) is 2. The zero-order chi connectivity index (χ0) is 10.8. The normalized spacial score (nSPS) is 19.5. The molecule has 1 aliphatic rings. The van der Waals surface area contributed by atoms with Gasteiger partial charge in [-0.15, -0.1) is 0 Å². The summed E-state index contributed by atoms with van der Waals surface area (Å²) >= 11 is 0. The van der Waals surface area contributed by atoms with Crippen LogP contribution < -0.4 is 10.6 Å². The van der Waals surface area contributed by atoms with Gasteiger partial charge < -0.3 is 10.6 Å². The van der Waals surface area contributed by atoms with E-state index in [9.17, 15) is 14.9 Å². The Morgan fingerprint density at radius 2 is 2.27 bits per heavy atom. The largest absolute Gasteiger partial charge is 0.336 e. The van der Waals surface area contributed by atoms with Gasteiger partial charge in [0.1, 0.15) is 0 Å². The lowest BCUT2D eigenvalue weighted by atomic mass is 10.1. The predicted octanol–water partition coefficient (Wildman–Crippen LogP) is 0.949. The van der Waals surface area contributed by atoms with E-state index in [1.807, 2.05) is 0 Å². The van der Waals surface area contributed by atoms with Crippen molar-refractivity contribution in [2.24, 2.45) is 0 Å². The van der Waals surface area contributed by atoms with Gasteiger partial charge in [0.2, 0.25) is 0 Å². The molecule has 6 heteroatoms. The van der Waals surface area contributed by atoms with E-state index in [1.165, 1.54) is 12.1 Å². The number of nitro groups is 1. The van der Waals surface area contributed by atoms with Gasteiger partial charge in [-0.05, 0) is 5.56 Å². The van der Waals surface area contributed by atoms with Crippen molar-refractivity contribution in [2.75, 3.05) is 6.54 Å². The molecule has 0 radical (unpaired) electrons. The lowest BCUT2D eigenvalue weighted by Gasteiger charge is -2.07. The van der Waals surface area contributed by atoms with E-state index in [1.54, 1.807) is 12.1 Å². The quantitative estimate of drug-likeness (QED) is 0.559. The lowest BCUT2D eigenvalue weighted by Crippen LogP contribution is -2.21. The predicted molar refractivity (Wildman–Crippen MR) is 52.4 cm³/mol. The lowest BCUT2D eigenvalue weighted by molar-refractivity contribution is -0.384. The standard InChI is InChI=1S/C9H9N3O3/c13-9-10-5-8(11-9)6-2-1-3-7(4-6)12(14)15/h1-4,8H,5H2,(H2,10,11,13)/t8-/m0/s1. The maximum Gasteiger partial charge on any atom is 0.315 e. The second-order valence-corrected chi connectivity index (χ2v) is 3.26. The Kier molecular flexibility index (Phi) is 2.24. The highest BCUT2D eigenvalue weighted by atomic mass is 16.6. The van der Waals surface area contributed by atoms with Gasteiger partial charge in [-0.25, -0.2) is 4.79 Å². The van der Waals surface area contributed by atoms with E-state index in [0.717, 1.165) is 5.56 Å². The number of rotatable bonds is 2. The second kappa shape index (κ2) is 3.56. The van der Waals surface area contributed by atoms with E-state index in [0.29, 0.717) is 6.54 Å². The van der Waals surface area contributed by atoms with Gasteiger partial charge in [0.25, 0.3) is 5.69 Å². The number of carbonyl (C=O) groups excluding carboxylic acids is 1. The summed E-state index contributed by atoms with van der Waals surface area (Å²) in [5, 5.41) is 15.8. The fourth-order valence-electron chi connectivity index (χ4n) is 1.51. The van der Waals surface area contributed by atoms with Crippen LogP contribution in [0, 0.1) is 10.1 Å². The summed E-state index contributed by atoms with van der Waals surface area (Å²) in [4.78, 5) is 21.0. The van der Waals surface area contributed by atoms with Gasteiger partial charge in [0.05, 0.1) is 11.0 Å². The Balaban J connectivity index is 2.25. The molecule has 1 saturated heterocycles. The van der Waals surface area contributed by atoms with Gasteiger partial charge in [-0.2, -0.15) is 0 Å². The molecule has 1 aliphatic heterocycles. The fraction of sp³-hybridized carbons (Fsp3) is 0.222. The molecule has 0 saturated carbocycles. The van der Waals surface area contributed by atoms with Crippen molar-refractivity contribution in [1.82, 2.24) is 10.6 Å². The van der Waals surface area contributed by atoms with Crippen LogP contribution in [0.2, 0.25) is 0 Å². The third-order valence-corrected chi connectivity index (χ3v) is 2.26. The third kappa shape index (κ3) is 1.88. The minimum Gasteiger partial charge on any atom is -0.336 e. The number of nitrogens with zero attached hydrogens (tertiary/aromatic N) is 1. The van der Waals surface area contributed by atoms with Crippen molar-refractivity contribution in [2.45, 2.75) is 6.04 Å². The fourth-order valence-corrected chi connectivity index (χ4v) is 1.51. The van der Waals surface area contributed by atoms with Crippen LogP contribution in [0.5, 0.6) is 0 Å². The number of hydrogen-bond acceptors (Lipinski definition) is 3. The van der Waals surface area contributed by atoms with Crippen LogP contribution in [0.15, 0.2) is 24.3 Å². The SMILES string of the molecule is O=C1NC[C@@H](c2cccc([N+](=O)[O-])c2)N1. The summed E-state index contributed by atoms with van der Waals surface area (Å²) in [6.07, 6.45) is 0. The number of non-ortho nitro benzene ring substituents is 1. The summed E-state index contributed by atoms with van der Waals surface area (Å²) in [5.74, 6) is 0. The van der Waals surface area contributed by atoms with Crippen molar-refractivity contribution in [3.63, 3.8) is 0 Å². The molecule has 0 spiro atoms. The van der Waals surface area contributed by atoms with E-state index in [2.05, 4.69) is 10.6 Å². The van der Waals surface area contributed by atoms with Crippen LogP contribution in [0.25, 0.3) is 0 Å². The monoisotopic (exact) mass is 207 g/mol. The first-order valence-electron chi connectivity index (χ1n) is 4.45. The molecule has 78 valence electrons. The Morgan fingerprint density at radius 3 is 2.87 bits per heavy atom. The molecular weight excluding hydrogens is 198 g/mol. The molecule has 2 amide bonds. The van der Waals surface area contributed by atoms with Gasteiger partial charge in [-0.3, -0.25) is 10.1 Å². The van der Waals surface area contributed by atoms with E-state index in [-0.39, 0.29) is 17.8 Å². The summed E-state index contributed by atoms with van der Waals surface area (Å²) in [6.45, 7) is 0.458. The van der Waals surface area contributed by atoms with E-state index < -0.39 is 4.92 Å². The van der Waals surface area contributed by atoms with Crippen LogP contribution in [0.4, 0.5) is 10.5 Å². The zero-order valence-corrected chi connectivity index (χ0v) is 7.77. The average molecular weight is 207 g/mol. The topological polar surface area (TPSA) is 84.3 Å². The van der Waals surface area contributed by atoms with Crippen LogP contribution in [-0.4, -0.2) is 17.5 Å². The highest BCUT2D eigenvalue weighted by Gasteiger charge is 2.22. The Morgan fingerprint density at radius 1 is 1.47 bits per heavy atom. The highest BCUT2D eigenvalue weighted by Crippen LogP contribution is 2.20. The van der Waals surface area contributed by atoms with Crippen molar-refractivity contribution in [1.29, 1.82) is 0 Å². The van der Waals surface area contributed by atoms with Crippen LogP contribution in [-0.2, 0) is 0 Å². The first-order chi connectivity index (χ1) is 7.16. The Hall–Kier alpha value is -2.11. The van der Waals surface area contributed by atoms with Gasteiger partial charge in [0, 0.05) is 18.7 Å². The number of carbonyl (C=O) groups is 1. The molecule has 2 N–H and O–H groups in total. The smallest absolute Gasteiger partial charge is 0.315 e. The van der Waals surface area contributed by atoms with Gasteiger partial charge in [-0.1, -0.05) is 12.1 Å². The number of nitro benzene ring substituents is 1. The van der Waals surface area contributed by atoms with E-state index >= 15 is 0 Å². The Bertz CT molecular complexity index is 419. The van der Waals surface area contributed by atoms with Crippen LogP contribution >= 0.6 is 0 Å². The summed E-state index contributed by atoms with van der Waals surface area (Å²) in [5.41, 5.74) is 0.774. The highest BCUT2D eigenvalue weighted by molar-refractivity contribution is 5.76. The van der Waals surface area contributed by atoms with Crippen molar-refractivity contribution in [3.8, 4) is 0 Å². The molecule has 1 heterocycles. The molecule has 15 heavy (non-hydrogen) atoms. The molecule has 1 aromatic rings. The minimum absolute atomic E-state index is 0.0358. The zero-order valence-electron chi connectivity index (χ0n) is 7.77.